The van der Waals surface area contributed by atoms with Crippen molar-refractivity contribution in [3.05, 3.63) is 59.7 Å². The van der Waals surface area contributed by atoms with Crippen LogP contribution in [0.15, 0.2) is 48.5 Å². The molecular weight excluding hydrogens is 382 g/mol. The Labute approximate surface area is 177 Å². The molecule has 0 aliphatic carbocycles. The number of benzene rings is 2. The molecule has 0 radical (unpaired) electrons. The van der Waals surface area contributed by atoms with Crippen LogP contribution in [0.4, 0.5) is 0 Å². The zero-order valence-corrected chi connectivity index (χ0v) is 17.5. The summed E-state index contributed by atoms with van der Waals surface area (Å²) in [4.78, 5) is 27.0. The summed E-state index contributed by atoms with van der Waals surface area (Å²) in [5.74, 6) is 1.33. The van der Waals surface area contributed by atoms with E-state index < -0.39 is 6.04 Å². The summed E-state index contributed by atoms with van der Waals surface area (Å²) in [7, 11) is 3.27. The number of nitrogens with one attached hydrogen (secondary N) is 2. The fraction of sp³-hybridized carbons (Fsp3) is 0.391. The van der Waals surface area contributed by atoms with Gasteiger partial charge in [0.25, 0.3) is 0 Å². The van der Waals surface area contributed by atoms with Gasteiger partial charge in [0, 0.05) is 31.7 Å². The molecule has 1 saturated heterocycles. The van der Waals surface area contributed by atoms with Crippen molar-refractivity contribution in [1.82, 2.24) is 15.5 Å². The van der Waals surface area contributed by atoms with Crippen LogP contribution in [0.5, 0.6) is 11.5 Å². The smallest absolute Gasteiger partial charge is 0.237 e. The van der Waals surface area contributed by atoms with Crippen molar-refractivity contribution in [3.8, 4) is 11.5 Å². The van der Waals surface area contributed by atoms with Crippen LogP contribution in [0, 0.1) is 0 Å². The minimum Gasteiger partial charge on any atom is -0.497 e. The Bertz CT molecular complexity index is 871. The van der Waals surface area contributed by atoms with Gasteiger partial charge in [-0.2, -0.15) is 0 Å². The lowest BCUT2D eigenvalue weighted by molar-refractivity contribution is -0.134. The monoisotopic (exact) mass is 411 g/mol. The van der Waals surface area contributed by atoms with Crippen molar-refractivity contribution in [2.24, 2.45) is 0 Å². The summed E-state index contributed by atoms with van der Waals surface area (Å²) < 4.78 is 10.7. The van der Waals surface area contributed by atoms with Gasteiger partial charge in [0.15, 0.2) is 0 Å². The van der Waals surface area contributed by atoms with Crippen LogP contribution in [0.2, 0.25) is 0 Å². The van der Waals surface area contributed by atoms with Crippen molar-refractivity contribution >= 4 is 11.8 Å². The first-order chi connectivity index (χ1) is 14.6. The van der Waals surface area contributed by atoms with Crippen LogP contribution in [0.25, 0.3) is 0 Å². The SMILES string of the molecule is COc1cccc(CCNC(=O)CC2C(=O)NCCN2Cc2ccccc2OC)c1. The molecule has 2 aromatic rings. The summed E-state index contributed by atoms with van der Waals surface area (Å²) in [5.41, 5.74) is 2.08. The Kier molecular flexibility index (Phi) is 7.68. The lowest BCUT2D eigenvalue weighted by Crippen LogP contribution is -2.56. The Balaban J connectivity index is 1.56. The molecule has 1 heterocycles. The van der Waals surface area contributed by atoms with E-state index >= 15 is 0 Å². The number of ether oxygens (including phenoxy) is 2. The minimum absolute atomic E-state index is 0.112. The zero-order valence-electron chi connectivity index (χ0n) is 17.5. The third-order valence-corrected chi connectivity index (χ3v) is 5.26. The van der Waals surface area contributed by atoms with E-state index in [1.54, 1.807) is 14.2 Å². The van der Waals surface area contributed by atoms with E-state index in [0.29, 0.717) is 32.6 Å². The normalized spacial score (nSPS) is 16.6. The van der Waals surface area contributed by atoms with E-state index in [1.807, 2.05) is 53.4 Å². The van der Waals surface area contributed by atoms with E-state index in [2.05, 4.69) is 10.6 Å². The predicted octanol–water partition coefficient (Wildman–Crippen LogP) is 1.75. The maximum absolute atomic E-state index is 12.5. The van der Waals surface area contributed by atoms with Crippen molar-refractivity contribution in [2.45, 2.75) is 25.4 Å². The van der Waals surface area contributed by atoms with Gasteiger partial charge in [-0.05, 0) is 30.2 Å². The highest BCUT2D eigenvalue weighted by Gasteiger charge is 2.31. The molecule has 1 unspecified atom stereocenters. The number of hydrogen-bond acceptors (Lipinski definition) is 5. The average Bonchev–Trinajstić information content (AvgIpc) is 2.76. The van der Waals surface area contributed by atoms with Crippen molar-refractivity contribution < 1.29 is 19.1 Å². The van der Waals surface area contributed by atoms with Gasteiger partial charge in [-0.25, -0.2) is 0 Å². The molecule has 3 rings (SSSR count). The number of carbonyl (C=O) groups excluding carboxylic acids is 2. The zero-order chi connectivity index (χ0) is 21.3. The highest BCUT2D eigenvalue weighted by atomic mass is 16.5. The summed E-state index contributed by atoms with van der Waals surface area (Å²) in [6, 6.07) is 15.0. The molecule has 30 heavy (non-hydrogen) atoms. The Morgan fingerprint density at radius 3 is 2.80 bits per heavy atom. The van der Waals surface area contributed by atoms with Crippen LogP contribution in [-0.2, 0) is 22.6 Å². The number of methoxy groups -OCH3 is 2. The molecule has 0 aromatic heterocycles. The largest absolute Gasteiger partial charge is 0.497 e. The Morgan fingerprint density at radius 1 is 1.17 bits per heavy atom. The molecule has 7 heteroatoms. The Morgan fingerprint density at radius 2 is 2.00 bits per heavy atom. The second kappa shape index (κ2) is 10.6. The molecule has 160 valence electrons. The highest BCUT2D eigenvalue weighted by Crippen LogP contribution is 2.22. The molecule has 7 nitrogen and oxygen atoms in total. The molecule has 0 saturated carbocycles. The van der Waals surface area contributed by atoms with E-state index in [9.17, 15) is 9.59 Å². The molecular formula is C23H29N3O4. The van der Waals surface area contributed by atoms with Crippen LogP contribution in [0.1, 0.15) is 17.5 Å². The van der Waals surface area contributed by atoms with E-state index in [4.69, 9.17) is 9.47 Å². The number of amides is 2. The number of para-hydroxylation sites is 1. The molecule has 0 bridgehead atoms. The lowest BCUT2D eigenvalue weighted by atomic mass is 10.1. The topological polar surface area (TPSA) is 79.9 Å². The number of carbonyl (C=O) groups is 2. The van der Waals surface area contributed by atoms with Crippen molar-refractivity contribution in [1.29, 1.82) is 0 Å². The minimum atomic E-state index is -0.500. The highest BCUT2D eigenvalue weighted by molar-refractivity contribution is 5.88. The Hall–Kier alpha value is -3.06. The van der Waals surface area contributed by atoms with Gasteiger partial charge < -0.3 is 20.1 Å². The first-order valence-corrected chi connectivity index (χ1v) is 10.1. The summed E-state index contributed by atoms with van der Waals surface area (Å²) in [6.07, 6.45) is 0.823. The number of hydrogen-bond donors (Lipinski definition) is 2. The van der Waals surface area contributed by atoms with Gasteiger partial charge in [-0.3, -0.25) is 14.5 Å². The quantitative estimate of drug-likeness (QED) is 0.657. The second-order valence-corrected chi connectivity index (χ2v) is 7.24. The molecule has 0 spiro atoms. The number of rotatable bonds is 9. The van der Waals surface area contributed by atoms with Crippen LogP contribution >= 0.6 is 0 Å². The molecule has 1 aliphatic rings. The van der Waals surface area contributed by atoms with Gasteiger partial charge in [0.05, 0.1) is 26.7 Å². The fourth-order valence-electron chi connectivity index (χ4n) is 3.65. The van der Waals surface area contributed by atoms with Crippen molar-refractivity contribution in [2.75, 3.05) is 33.9 Å². The summed E-state index contributed by atoms with van der Waals surface area (Å²) in [5, 5.41) is 5.80. The molecule has 1 atom stereocenters. The summed E-state index contributed by atoms with van der Waals surface area (Å²) in [6.45, 7) is 2.32. The average molecular weight is 412 g/mol. The maximum Gasteiger partial charge on any atom is 0.237 e. The standard InChI is InChI=1S/C23H29N3O4/c1-29-19-8-5-6-17(14-19)10-11-24-22(27)15-20-23(28)25-12-13-26(20)16-18-7-3-4-9-21(18)30-2/h3-9,14,20H,10-13,15-16H2,1-2H3,(H,24,27)(H,25,28). The van der Waals surface area contributed by atoms with E-state index in [1.165, 1.54) is 0 Å². The van der Waals surface area contributed by atoms with Gasteiger partial charge in [0.2, 0.25) is 11.8 Å². The maximum atomic E-state index is 12.5. The predicted molar refractivity (Wildman–Crippen MR) is 115 cm³/mol. The first kappa shape index (κ1) is 21.6. The third kappa shape index (κ3) is 5.73. The van der Waals surface area contributed by atoms with Crippen LogP contribution in [-0.4, -0.2) is 56.6 Å². The van der Waals surface area contributed by atoms with Gasteiger partial charge in [0.1, 0.15) is 11.5 Å². The molecule has 2 aromatic carbocycles. The molecule has 2 N–H and O–H groups in total. The van der Waals surface area contributed by atoms with Crippen LogP contribution < -0.4 is 20.1 Å². The fourth-order valence-corrected chi connectivity index (χ4v) is 3.65. The van der Waals surface area contributed by atoms with Crippen LogP contribution in [0.3, 0.4) is 0 Å². The van der Waals surface area contributed by atoms with Crippen molar-refractivity contribution in [3.63, 3.8) is 0 Å². The lowest BCUT2D eigenvalue weighted by Gasteiger charge is -2.35. The summed E-state index contributed by atoms with van der Waals surface area (Å²) >= 11 is 0. The molecule has 1 aliphatic heterocycles. The first-order valence-electron chi connectivity index (χ1n) is 10.1. The number of nitrogens with zero attached hydrogens (tertiary/aromatic N) is 1. The third-order valence-electron chi connectivity index (χ3n) is 5.26. The van der Waals surface area contributed by atoms with E-state index in [0.717, 1.165) is 22.6 Å². The second-order valence-electron chi connectivity index (χ2n) is 7.24. The van der Waals surface area contributed by atoms with Gasteiger partial charge in [-0.1, -0.05) is 30.3 Å². The molecule has 1 fully saturated rings. The van der Waals surface area contributed by atoms with Gasteiger partial charge >= 0.3 is 0 Å². The van der Waals surface area contributed by atoms with E-state index in [-0.39, 0.29) is 18.2 Å². The van der Waals surface area contributed by atoms with Gasteiger partial charge in [-0.15, -0.1) is 0 Å². The molecule has 2 amide bonds. The number of piperazine rings is 1.